The third-order valence-corrected chi connectivity index (χ3v) is 3.98. The van der Waals surface area contributed by atoms with Crippen LogP contribution in [0, 0.1) is 5.41 Å². The predicted molar refractivity (Wildman–Crippen MR) is 49.9 cm³/mol. The van der Waals surface area contributed by atoms with E-state index in [2.05, 4.69) is 6.08 Å². The van der Waals surface area contributed by atoms with E-state index in [1.54, 1.807) is 0 Å². The molecular weight excluding hydrogens is 162 g/mol. The van der Waals surface area contributed by atoms with Crippen LogP contribution in [-0.2, 0) is 4.79 Å². The second-order valence-corrected chi connectivity index (χ2v) is 4.58. The maximum absolute atomic E-state index is 11.5. The van der Waals surface area contributed by atoms with Crippen LogP contribution in [0.25, 0.3) is 0 Å². The van der Waals surface area contributed by atoms with Crippen molar-refractivity contribution >= 4 is 5.91 Å². The molecule has 0 bridgehead atoms. The zero-order valence-electron chi connectivity index (χ0n) is 7.88. The van der Waals surface area contributed by atoms with Gasteiger partial charge in [-0.25, -0.2) is 0 Å². The molecule has 2 heteroatoms. The Morgan fingerprint density at radius 3 is 2.77 bits per heavy atom. The number of rotatable bonds is 0. The van der Waals surface area contributed by atoms with Gasteiger partial charge in [-0.05, 0) is 19.3 Å². The SMILES string of the molecule is O=C1CC=C2N1CCC21CCCC1. The number of carbonyl (C=O) groups excluding carboxylic acids is 1. The lowest BCUT2D eigenvalue weighted by atomic mass is 9.82. The first-order valence-electron chi connectivity index (χ1n) is 5.33. The van der Waals surface area contributed by atoms with Crippen LogP contribution in [-0.4, -0.2) is 17.4 Å². The lowest BCUT2D eigenvalue weighted by Gasteiger charge is -2.24. The van der Waals surface area contributed by atoms with Gasteiger partial charge in [0, 0.05) is 24.1 Å². The molecule has 1 amide bonds. The molecule has 0 aromatic heterocycles. The van der Waals surface area contributed by atoms with E-state index in [1.807, 2.05) is 4.90 Å². The smallest absolute Gasteiger partial charge is 0.230 e. The molecule has 0 aromatic rings. The van der Waals surface area contributed by atoms with E-state index in [9.17, 15) is 4.79 Å². The van der Waals surface area contributed by atoms with Crippen molar-refractivity contribution in [3.63, 3.8) is 0 Å². The Hall–Kier alpha value is -0.790. The third-order valence-electron chi connectivity index (χ3n) is 3.98. The molecule has 0 atom stereocenters. The summed E-state index contributed by atoms with van der Waals surface area (Å²) >= 11 is 0. The summed E-state index contributed by atoms with van der Waals surface area (Å²) < 4.78 is 0. The van der Waals surface area contributed by atoms with Gasteiger partial charge in [-0.1, -0.05) is 18.9 Å². The second-order valence-electron chi connectivity index (χ2n) is 4.58. The summed E-state index contributed by atoms with van der Waals surface area (Å²) in [6.45, 7) is 0.991. The Kier molecular flexibility index (Phi) is 1.38. The molecule has 0 aromatic carbocycles. The van der Waals surface area contributed by atoms with E-state index >= 15 is 0 Å². The molecule has 3 aliphatic rings. The fourth-order valence-corrected chi connectivity index (χ4v) is 3.30. The van der Waals surface area contributed by atoms with Gasteiger partial charge in [0.1, 0.15) is 0 Å². The number of carbonyl (C=O) groups is 1. The molecule has 13 heavy (non-hydrogen) atoms. The molecule has 2 aliphatic heterocycles. The van der Waals surface area contributed by atoms with E-state index in [4.69, 9.17) is 0 Å². The Morgan fingerprint density at radius 2 is 2.00 bits per heavy atom. The van der Waals surface area contributed by atoms with Crippen molar-refractivity contribution < 1.29 is 4.79 Å². The molecule has 1 aliphatic carbocycles. The molecule has 1 saturated carbocycles. The first-order valence-corrected chi connectivity index (χ1v) is 5.33. The molecule has 2 fully saturated rings. The van der Waals surface area contributed by atoms with Crippen molar-refractivity contribution in [2.24, 2.45) is 5.41 Å². The monoisotopic (exact) mass is 177 g/mol. The minimum Gasteiger partial charge on any atom is -0.316 e. The molecule has 1 saturated heterocycles. The quantitative estimate of drug-likeness (QED) is 0.554. The van der Waals surface area contributed by atoms with Gasteiger partial charge in [-0.15, -0.1) is 0 Å². The van der Waals surface area contributed by atoms with Crippen LogP contribution in [0.4, 0.5) is 0 Å². The van der Waals surface area contributed by atoms with Crippen LogP contribution in [0.2, 0.25) is 0 Å². The Labute approximate surface area is 78.6 Å². The summed E-state index contributed by atoms with van der Waals surface area (Å²) in [6, 6.07) is 0. The summed E-state index contributed by atoms with van der Waals surface area (Å²) in [5, 5.41) is 0. The maximum Gasteiger partial charge on any atom is 0.230 e. The fourth-order valence-electron chi connectivity index (χ4n) is 3.30. The van der Waals surface area contributed by atoms with Crippen molar-refractivity contribution in [3.05, 3.63) is 11.8 Å². The average Bonchev–Trinajstić information content (AvgIpc) is 2.76. The zero-order chi connectivity index (χ0) is 8.89. The van der Waals surface area contributed by atoms with Crippen LogP contribution < -0.4 is 0 Å². The van der Waals surface area contributed by atoms with Gasteiger partial charge in [0.2, 0.25) is 5.91 Å². The first-order chi connectivity index (χ1) is 6.32. The third kappa shape index (κ3) is 0.862. The van der Waals surface area contributed by atoms with Gasteiger partial charge >= 0.3 is 0 Å². The first kappa shape index (κ1) is 7.60. The van der Waals surface area contributed by atoms with Crippen molar-refractivity contribution in [2.45, 2.75) is 38.5 Å². The fraction of sp³-hybridized carbons (Fsp3) is 0.727. The molecule has 3 rings (SSSR count). The average molecular weight is 177 g/mol. The standard InChI is InChI=1S/C11H15NO/c13-10-4-3-9-11(5-1-2-6-11)7-8-12(9)10/h3H,1-2,4-8H2. The molecule has 2 heterocycles. The van der Waals surface area contributed by atoms with Crippen LogP contribution in [0.5, 0.6) is 0 Å². The minimum atomic E-state index is 0.332. The van der Waals surface area contributed by atoms with E-state index in [0.29, 0.717) is 17.7 Å². The predicted octanol–water partition coefficient (Wildman–Crippen LogP) is 2.07. The van der Waals surface area contributed by atoms with Crippen LogP contribution in [0.15, 0.2) is 11.8 Å². The van der Waals surface area contributed by atoms with Gasteiger partial charge in [-0.2, -0.15) is 0 Å². The van der Waals surface area contributed by atoms with Gasteiger partial charge in [0.25, 0.3) is 0 Å². The van der Waals surface area contributed by atoms with E-state index < -0.39 is 0 Å². The molecule has 0 N–H and O–H groups in total. The van der Waals surface area contributed by atoms with Crippen LogP contribution >= 0.6 is 0 Å². The van der Waals surface area contributed by atoms with E-state index in [1.165, 1.54) is 37.8 Å². The highest BCUT2D eigenvalue weighted by molar-refractivity contribution is 5.83. The number of hydrogen-bond donors (Lipinski definition) is 0. The van der Waals surface area contributed by atoms with Crippen molar-refractivity contribution in [2.75, 3.05) is 6.54 Å². The lowest BCUT2D eigenvalue weighted by molar-refractivity contribution is -0.126. The topological polar surface area (TPSA) is 20.3 Å². The summed E-state index contributed by atoms with van der Waals surface area (Å²) in [4.78, 5) is 13.5. The van der Waals surface area contributed by atoms with Gasteiger partial charge in [-0.3, -0.25) is 4.79 Å². The molecule has 70 valence electrons. The van der Waals surface area contributed by atoms with E-state index in [-0.39, 0.29) is 0 Å². The Morgan fingerprint density at radius 1 is 1.23 bits per heavy atom. The highest BCUT2D eigenvalue weighted by Crippen LogP contribution is 2.53. The maximum atomic E-state index is 11.5. The molecule has 1 spiro atoms. The minimum absolute atomic E-state index is 0.332. The summed E-state index contributed by atoms with van der Waals surface area (Å²) in [5.41, 5.74) is 1.82. The van der Waals surface area contributed by atoms with Crippen molar-refractivity contribution in [1.82, 2.24) is 4.90 Å². The van der Waals surface area contributed by atoms with Crippen molar-refractivity contribution in [1.29, 1.82) is 0 Å². The van der Waals surface area contributed by atoms with Crippen LogP contribution in [0.3, 0.4) is 0 Å². The van der Waals surface area contributed by atoms with Gasteiger partial charge in [0.15, 0.2) is 0 Å². The van der Waals surface area contributed by atoms with Gasteiger partial charge < -0.3 is 4.90 Å². The molecule has 0 radical (unpaired) electrons. The summed E-state index contributed by atoms with van der Waals surface area (Å²) in [5.74, 6) is 0.332. The normalized spacial score (nSPS) is 30.0. The van der Waals surface area contributed by atoms with Gasteiger partial charge in [0.05, 0.1) is 0 Å². The lowest BCUT2D eigenvalue weighted by Crippen LogP contribution is -2.23. The second kappa shape index (κ2) is 2.37. The zero-order valence-corrected chi connectivity index (χ0v) is 7.88. The number of allylic oxidation sites excluding steroid dienone is 1. The number of fused-ring (bicyclic) bond motifs is 2. The largest absolute Gasteiger partial charge is 0.316 e. The molecule has 0 unspecified atom stereocenters. The number of amides is 1. The molecule has 2 nitrogen and oxygen atoms in total. The number of hydrogen-bond acceptors (Lipinski definition) is 1. The highest BCUT2D eigenvalue weighted by Gasteiger charge is 2.47. The highest BCUT2D eigenvalue weighted by atomic mass is 16.2. The van der Waals surface area contributed by atoms with Crippen molar-refractivity contribution in [3.8, 4) is 0 Å². The van der Waals surface area contributed by atoms with Crippen LogP contribution in [0.1, 0.15) is 38.5 Å². The van der Waals surface area contributed by atoms with E-state index in [0.717, 1.165) is 6.54 Å². The summed E-state index contributed by atoms with van der Waals surface area (Å²) in [6.07, 6.45) is 9.44. The Bertz CT molecular complexity index is 286. The molecular formula is C11H15NO. The Balaban J connectivity index is 1.97. The summed E-state index contributed by atoms with van der Waals surface area (Å²) in [7, 11) is 0. The number of nitrogens with zero attached hydrogens (tertiary/aromatic N) is 1.